The van der Waals surface area contributed by atoms with Crippen LogP contribution in [0, 0.1) is 11.8 Å². The summed E-state index contributed by atoms with van der Waals surface area (Å²) in [6, 6.07) is 1.01. The molecule has 136 valence electrons. The Kier molecular flexibility index (Phi) is 5.55. The van der Waals surface area contributed by atoms with Crippen LogP contribution in [0.5, 0.6) is 0 Å². The van der Waals surface area contributed by atoms with Crippen LogP contribution < -0.4 is 21.7 Å². The van der Waals surface area contributed by atoms with Crippen LogP contribution in [0.2, 0.25) is 0 Å². The van der Waals surface area contributed by atoms with Gasteiger partial charge in [-0.05, 0) is 25.5 Å². The predicted octanol–water partition coefficient (Wildman–Crippen LogP) is 0.854. The van der Waals surface area contributed by atoms with E-state index in [0.717, 1.165) is 31.5 Å². The second-order valence-electron chi connectivity index (χ2n) is 6.01. The van der Waals surface area contributed by atoms with Gasteiger partial charge in [0.1, 0.15) is 4.88 Å². The Balaban J connectivity index is 1.80. The molecule has 5 N–H and O–H groups in total. The predicted molar refractivity (Wildman–Crippen MR) is 100 cm³/mol. The highest BCUT2D eigenvalue weighted by Gasteiger charge is 2.21. The van der Waals surface area contributed by atoms with Crippen LogP contribution in [0.4, 0.5) is 10.5 Å². The first-order valence-corrected chi connectivity index (χ1v) is 9.05. The first kappa shape index (κ1) is 18.0. The molecule has 3 heterocycles. The number of carbonyl (C=O) groups excluding carboxylic acids is 2. The summed E-state index contributed by atoms with van der Waals surface area (Å²) in [4.78, 5) is 24.9. The van der Waals surface area contributed by atoms with Crippen molar-refractivity contribution >= 4 is 29.0 Å². The van der Waals surface area contributed by atoms with Crippen molar-refractivity contribution in [2.24, 2.45) is 12.8 Å². The summed E-state index contributed by atoms with van der Waals surface area (Å²) in [5.74, 6) is 5.75. The van der Waals surface area contributed by atoms with Gasteiger partial charge in [0, 0.05) is 25.8 Å². The first-order chi connectivity index (χ1) is 12.5. The number of aromatic nitrogens is 2. The molecule has 9 heteroatoms. The summed E-state index contributed by atoms with van der Waals surface area (Å²) in [6.07, 6.45) is 5.40. The number of hydrogen-bond donors (Lipinski definition) is 4. The molecule has 1 saturated heterocycles. The number of thiophene rings is 1. The van der Waals surface area contributed by atoms with E-state index in [1.807, 2.05) is 7.05 Å². The number of hydrogen-bond acceptors (Lipinski definition) is 5. The number of urea groups is 1. The molecular formula is C17H20N6O2S. The fourth-order valence-electron chi connectivity index (χ4n) is 2.69. The van der Waals surface area contributed by atoms with E-state index in [0.29, 0.717) is 15.4 Å². The van der Waals surface area contributed by atoms with Gasteiger partial charge in [0.2, 0.25) is 0 Å². The number of primary amides is 1. The van der Waals surface area contributed by atoms with Gasteiger partial charge in [-0.25, -0.2) is 4.79 Å². The summed E-state index contributed by atoms with van der Waals surface area (Å²) >= 11 is 1.22. The molecule has 2 aromatic heterocycles. The number of carbonyl (C=O) groups is 2. The van der Waals surface area contributed by atoms with E-state index < -0.39 is 6.03 Å². The van der Waals surface area contributed by atoms with Crippen molar-refractivity contribution in [1.82, 2.24) is 20.4 Å². The van der Waals surface area contributed by atoms with Gasteiger partial charge in [-0.3, -0.25) is 9.48 Å². The largest absolute Gasteiger partial charge is 0.351 e. The fraction of sp³-hybridized carbons (Fsp3) is 0.353. The fourth-order valence-corrected chi connectivity index (χ4v) is 3.56. The number of piperidine rings is 1. The number of amides is 3. The van der Waals surface area contributed by atoms with Gasteiger partial charge >= 0.3 is 6.03 Å². The summed E-state index contributed by atoms with van der Waals surface area (Å²) in [5.41, 5.74) is 6.36. The van der Waals surface area contributed by atoms with Crippen molar-refractivity contribution in [3.05, 3.63) is 33.8 Å². The highest BCUT2D eigenvalue weighted by molar-refractivity contribution is 7.15. The van der Waals surface area contributed by atoms with Gasteiger partial charge in [-0.2, -0.15) is 5.10 Å². The molecule has 8 nitrogen and oxygen atoms in total. The average Bonchev–Trinajstić information content (AvgIpc) is 3.19. The summed E-state index contributed by atoms with van der Waals surface area (Å²) in [7, 11) is 1.81. The molecule has 1 aliphatic rings. The van der Waals surface area contributed by atoms with E-state index in [9.17, 15) is 9.59 Å². The molecule has 3 amide bonds. The molecule has 0 aromatic carbocycles. The minimum absolute atomic E-state index is 0.0738. The van der Waals surface area contributed by atoms with Crippen molar-refractivity contribution in [2.45, 2.75) is 18.9 Å². The van der Waals surface area contributed by atoms with Crippen molar-refractivity contribution in [2.75, 3.05) is 18.4 Å². The van der Waals surface area contributed by atoms with E-state index in [2.05, 4.69) is 32.9 Å². The number of aryl methyl sites for hydroxylation is 1. The molecule has 2 aromatic rings. The van der Waals surface area contributed by atoms with Crippen LogP contribution in [0.15, 0.2) is 18.5 Å². The molecule has 1 aliphatic heterocycles. The third-order valence-corrected chi connectivity index (χ3v) is 4.91. The minimum Gasteiger partial charge on any atom is -0.351 e. The van der Waals surface area contributed by atoms with Crippen molar-refractivity contribution in [3.8, 4) is 11.8 Å². The maximum atomic E-state index is 12.6. The average molecular weight is 372 g/mol. The molecule has 1 atom stereocenters. The number of rotatable bonds is 3. The standard InChI is InChI=1S/C17H20N6O2S/c1-23-10-11(8-20-23)4-5-13-7-14(22-17(18)25)15(26-13)16(24)21-12-3-2-6-19-9-12/h7-8,10,12,19H,2-3,6,9H2,1H3,(H,21,24)(H3,18,22,25)/t12-/m0/s1. The van der Waals surface area contributed by atoms with E-state index in [4.69, 9.17) is 5.73 Å². The normalized spacial score (nSPS) is 16.4. The molecule has 0 aliphatic carbocycles. The van der Waals surface area contributed by atoms with Crippen LogP contribution in [0.3, 0.4) is 0 Å². The van der Waals surface area contributed by atoms with Crippen molar-refractivity contribution in [1.29, 1.82) is 0 Å². The quantitative estimate of drug-likeness (QED) is 0.598. The molecule has 3 rings (SSSR count). The smallest absolute Gasteiger partial charge is 0.316 e. The SMILES string of the molecule is Cn1cc(C#Cc2cc(NC(N)=O)c(C(=O)N[C@H]3CCCNC3)s2)cn1. The maximum absolute atomic E-state index is 12.6. The molecule has 0 spiro atoms. The van der Waals surface area contributed by atoms with Gasteiger partial charge < -0.3 is 21.7 Å². The lowest BCUT2D eigenvalue weighted by Gasteiger charge is -2.23. The highest BCUT2D eigenvalue weighted by atomic mass is 32.1. The van der Waals surface area contributed by atoms with Gasteiger partial charge in [-0.1, -0.05) is 11.8 Å². The Labute approximate surface area is 155 Å². The van der Waals surface area contributed by atoms with Gasteiger partial charge in [0.15, 0.2) is 0 Å². The third-order valence-electron chi connectivity index (χ3n) is 3.86. The Hall–Kier alpha value is -2.83. The molecule has 0 unspecified atom stereocenters. The Morgan fingerprint density at radius 1 is 1.46 bits per heavy atom. The summed E-state index contributed by atoms with van der Waals surface area (Å²) in [5, 5.41) is 12.8. The summed E-state index contributed by atoms with van der Waals surface area (Å²) in [6.45, 7) is 1.71. The maximum Gasteiger partial charge on any atom is 0.316 e. The first-order valence-electron chi connectivity index (χ1n) is 8.24. The van der Waals surface area contributed by atoms with Crippen molar-refractivity contribution in [3.63, 3.8) is 0 Å². The number of nitrogens with one attached hydrogen (secondary N) is 3. The van der Waals surface area contributed by atoms with E-state index in [1.165, 1.54) is 11.3 Å². The molecule has 0 radical (unpaired) electrons. The molecule has 1 fully saturated rings. The van der Waals surface area contributed by atoms with Crippen LogP contribution in [-0.2, 0) is 7.05 Å². The summed E-state index contributed by atoms with van der Waals surface area (Å²) < 4.78 is 1.66. The Morgan fingerprint density at radius 2 is 2.31 bits per heavy atom. The lowest BCUT2D eigenvalue weighted by molar-refractivity contribution is 0.0935. The lowest BCUT2D eigenvalue weighted by atomic mass is 10.1. The monoisotopic (exact) mass is 372 g/mol. The zero-order valence-electron chi connectivity index (χ0n) is 14.3. The second kappa shape index (κ2) is 8.03. The Bertz CT molecular complexity index is 869. The van der Waals surface area contributed by atoms with Crippen LogP contribution in [0.1, 0.15) is 33.0 Å². The molecule has 0 bridgehead atoms. The molecule has 0 saturated carbocycles. The third kappa shape index (κ3) is 4.62. The lowest BCUT2D eigenvalue weighted by Crippen LogP contribution is -2.45. The van der Waals surface area contributed by atoms with E-state index in [-0.39, 0.29) is 11.9 Å². The van der Waals surface area contributed by atoms with Crippen molar-refractivity contribution < 1.29 is 9.59 Å². The minimum atomic E-state index is -0.719. The molecule has 26 heavy (non-hydrogen) atoms. The van der Waals surface area contributed by atoms with E-state index >= 15 is 0 Å². The van der Waals surface area contributed by atoms with Crippen LogP contribution in [0.25, 0.3) is 0 Å². The second-order valence-corrected chi connectivity index (χ2v) is 7.06. The van der Waals surface area contributed by atoms with Gasteiger partial charge in [-0.15, -0.1) is 11.3 Å². The van der Waals surface area contributed by atoms with Gasteiger partial charge in [0.05, 0.1) is 22.3 Å². The van der Waals surface area contributed by atoms with Crippen LogP contribution >= 0.6 is 11.3 Å². The van der Waals surface area contributed by atoms with E-state index in [1.54, 1.807) is 23.1 Å². The Morgan fingerprint density at radius 3 is 2.96 bits per heavy atom. The highest BCUT2D eigenvalue weighted by Crippen LogP contribution is 2.27. The zero-order valence-corrected chi connectivity index (χ0v) is 15.2. The van der Waals surface area contributed by atoms with Crippen LogP contribution in [-0.4, -0.2) is 40.9 Å². The number of nitrogens with two attached hydrogens (primary N) is 1. The number of nitrogens with zero attached hydrogens (tertiary/aromatic N) is 2. The molecular weight excluding hydrogens is 352 g/mol. The zero-order chi connectivity index (χ0) is 18.5. The van der Waals surface area contributed by atoms with Gasteiger partial charge in [0.25, 0.3) is 5.91 Å². The number of anilines is 1. The topological polar surface area (TPSA) is 114 Å².